The van der Waals surface area contributed by atoms with Gasteiger partial charge in [0.2, 0.25) is 0 Å². The third kappa shape index (κ3) is 7.59. The molecule has 6 rings (SSSR count). The van der Waals surface area contributed by atoms with Crippen molar-refractivity contribution in [2.45, 2.75) is 17.9 Å². The minimum Gasteiger partial charge on any atom is -0.367 e. The van der Waals surface area contributed by atoms with E-state index in [9.17, 15) is 14.0 Å². The van der Waals surface area contributed by atoms with Gasteiger partial charge in [-0.05, 0) is 78.7 Å². The number of rotatable bonds is 9. The zero-order chi connectivity index (χ0) is 31.2. The molecular formula is C36H34ClFN4O2S. The zero-order valence-electron chi connectivity index (χ0n) is 24.8. The fourth-order valence-electron chi connectivity index (χ4n) is 5.65. The number of hydrogen-bond acceptors (Lipinski definition) is 5. The fourth-order valence-corrected chi connectivity index (χ4v) is 6.92. The molecule has 0 radical (unpaired) electrons. The van der Waals surface area contributed by atoms with Crippen LogP contribution >= 0.6 is 23.4 Å². The van der Waals surface area contributed by atoms with E-state index in [0.29, 0.717) is 34.3 Å². The van der Waals surface area contributed by atoms with Crippen LogP contribution in [0.4, 0.5) is 15.8 Å². The van der Waals surface area contributed by atoms with Gasteiger partial charge in [0.05, 0.1) is 22.8 Å². The topological polar surface area (TPSA) is 55.9 Å². The Kier molecular flexibility index (Phi) is 9.84. The van der Waals surface area contributed by atoms with E-state index in [2.05, 4.69) is 15.1 Å². The van der Waals surface area contributed by atoms with Crippen LogP contribution < -0.4 is 15.1 Å². The summed E-state index contributed by atoms with van der Waals surface area (Å²) in [6.45, 7) is 5.16. The number of para-hydroxylation sites is 2. The number of carbonyl (C=O) groups excluding carboxylic acids is 2. The average molecular weight is 641 g/mol. The van der Waals surface area contributed by atoms with Gasteiger partial charge in [0.1, 0.15) is 5.82 Å². The molecular weight excluding hydrogens is 607 g/mol. The molecule has 0 unspecified atom stereocenters. The Labute approximate surface area is 272 Å². The normalized spacial score (nSPS) is 16.1. The van der Waals surface area contributed by atoms with E-state index < -0.39 is 0 Å². The van der Waals surface area contributed by atoms with Crippen LogP contribution in [0.25, 0.3) is 6.08 Å². The molecule has 0 aromatic heterocycles. The van der Waals surface area contributed by atoms with Gasteiger partial charge in [-0.1, -0.05) is 71.9 Å². The Bertz CT molecular complexity index is 1710. The molecule has 2 aliphatic heterocycles. The molecule has 6 nitrogen and oxygen atoms in total. The first-order valence-electron chi connectivity index (χ1n) is 15.1. The minimum atomic E-state index is -0.179. The first kappa shape index (κ1) is 30.9. The SMILES string of the molecule is O=C(NCCCN1CCN(c2ccccc2F)CC1)c1ccc(/C=C2/Sc3ccccc3N(Cc3cccc(Cl)c3)C2=O)cc1. The zero-order valence-corrected chi connectivity index (χ0v) is 26.4. The Morgan fingerprint density at radius 3 is 2.38 bits per heavy atom. The van der Waals surface area contributed by atoms with Gasteiger partial charge in [-0.15, -0.1) is 0 Å². The molecule has 0 aliphatic carbocycles. The lowest BCUT2D eigenvalue weighted by molar-refractivity contribution is -0.114. The number of hydrogen-bond donors (Lipinski definition) is 1. The van der Waals surface area contributed by atoms with E-state index in [4.69, 9.17) is 11.6 Å². The van der Waals surface area contributed by atoms with Crippen molar-refractivity contribution in [1.82, 2.24) is 10.2 Å². The average Bonchev–Trinajstić information content (AvgIpc) is 3.06. The van der Waals surface area contributed by atoms with Gasteiger partial charge in [0.15, 0.2) is 0 Å². The second kappa shape index (κ2) is 14.3. The van der Waals surface area contributed by atoms with Crippen LogP contribution in [-0.2, 0) is 11.3 Å². The second-order valence-electron chi connectivity index (χ2n) is 11.1. The maximum absolute atomic E-state index is 14.1. The number of fused-ring (bicyclic) bond motifs is 1. The van der Waals surface area contributed by atoms with E-state index in [1.165, 1.54) is 17.8 Å². The quantitative estimate of drug-likeness (QED) is 0.156. The van der Waals surface area contributed by atoms with Crippen LogP contribution in [0.2, 0.25) is 5.02 Å². The number of thioether (sulfide) groups is 1. The Morgan fingerprint density at radius 2 is 1.62 bits per heavy atom. The van der Waals surface area contributed by atoms with Crippen molar-refractivity contribution in [1.29, 1.82) is 0 Å². The molecule has 0 atom stereocenters. The number of amides is 2. The summed E-state index contributed by atoms with van der Waals surface area (Å²) >= 11 is 7.66. The fraction of sp³-hybridized carbons (Fsp3) is 0.222. The van der Waals surface area contributed by atoms with Crippen molar-refractivity contribution in [2.75, 3.05) is 49.1 Å². The van der Waals surface area contributed by atoms with E-state index >= 15 is 0 Å². The van der Waals surface area contributed by atoms with Crippen LogP contribution in [0.5, 0.6) is 0 Å². The molecule has 1 N–H and O–H groups in total. The smallest absolute Gasteiger partial charge is 0.265 e. The van der Waals surface area contributed by atoms with Crippen LogP contribution in [-0.4, -0.2) is 56.0 Å². The molecule has 2 aliphatic rings. The van der Waals surface area contributed by atoms with E-state index in [-0.39, 0.29) is 17.6 Å². The lowest BCUT2D eigenvalue weighted by Crippen LogP contribution is -2.47. The van der Waals surface area contributed by atoms with E-state index in [1.54, 1.807) is 23.1 Å². The molecule has 1 fully saturated rings. The van der Waals surface area contributed by atoms with Gasteiger partial charge in [0.25, 0.3) is 11.8 Å². The third-order valence-corrected chi connectivity index (χ3v) is 9.35. The number of anilines is 2. The summed E-state index contributed by atoms with van der Waals surface area (Å²) in [5, 5.41) is 3.65. The maximum atomic E-state index is 14.1. The molecule has 4 aromatic rings. The summed E-state index contributed by atoms with van der Waals surface area (Å²) in [5.41, 5.74) is 3.91. The molecule has 0 spiro atoms. The Hall–Kier alpha value is -4.11. The summed E-state index contributed by atoms with van der Waals surface area (Å²) in [5.74, 6) is -0.375. The van der Waals surface area contributed by atoms with Gasteiger partial charge in [-0.3, -0.25) is 14.5 Å². The molecule has 2 heterocycles. The molecule has 1 saturated heterocycles. The van der Waals surface area contributed by atoms with Crippen molar-refractivity contribution < 1.29 is 14.0 Å². The molecule has 0 saturated carbocycles. The highest BCUT2D eigenvalue weighted by atomic mass is 35.5. The summed E-state index contributed by atoms with van der Waals surface area (Å²) in [6.07, 6.45) is 2.71. The third-order valence-electron chi connectivity index (χ3n) is 8.03. The van der Waals surface area contributed by atoms with Crippen molar-refractivity contribution in [3.8, 4) is 0 Å². The highest BCUT2D eigenvalue weighted by molar-refractivity contribution is 8.04. The van der Waals surface area contributed by atoms with E-state index in [1.807, 2.05) is 78.9 Å². The lowest BCUT2D eigenvalue weighted by Gasteiger charge is -2.36. The second-order valence-corrected chi connectivity index (χ2v) is 12.6. The van der Waals surface area contributed by atoms with Gasteiger partial charge in [-0.25, -0.2) is 4.39 Å². The molecule has 230 valence electrons. The predicted octanol–water partition coefficient (Wildman–Crippen LogP) is 7.10. The summed E-state index contributed by atoms with van der Waals surface area (Å²) in [6, 6.07) is 29.7. The standard InChI is InChI=1S/C36H34ClFN4O2S/c37-29-8-5-7-27(23-29)25-42-32-11-3-4-12-33(32)45-34(36(42)44)24-26-13-15-28(16-14-26)35(43)39-17-6-18-40-19-21-41(22-20-40)31-10-2-1-9-30(31)38/h1-5,7-16,23-24H,6,17-22,25H2,(H,39,43)/b34-24+. The molecule has 4 aromatic carbocycles. The largest absolute Gasteiger partial charge is 0.367 e. The van der Waals surface area contributed by atoms with Crippen molar-refractivity contribution in [3.63, 3.8) is 0 Å². The van der Waals surface area contributed by atoms with Crippen LogP contribution in [0.3, 0.4) is 0 Å². The number of nitrogens with zero attached hydrogens (tertiary/aromatic N) is 3. The highest BCUT2D eigenvalue weighted by Gasteiger charge is 2.29. The maximum Gasteiger partial charge on any atom is 0.265 e. The number of piperazine rings is 1. The van der Waals surface area contributed by atoms with Crippen molar-refractivity contribution >= 4 is 52.6 Å². The highest BCUT2D eigenvalue weighted by Crippen LogP contribution is 2.42. The molecule has 0 bridgehead atoms. The molecule has 45 heavy (non-hydrogen) atoms. The summed E-state index contributed by atoms with van der Waals surface area (Å²) < 4.78 is 14.1. The van der Waals surface area contributed by atoms with Crippen LogP contribution in [0.15, 0.2) is 107 Å². The first-order valence-corrected chi connectivity index (χ1v) is 16.3. The predicted molar refractivity (Wildman–Crippen MR) is 181 cm³/mol. The van der Waals surface area contributed by atoms with Gasteiger partial charge >= 0.3 is 0 Å². The van der Waals surface area contributed by atoms with E-state index in [0.717, 1.165) is 60.9 Å². The Balaban J connectivity index is 1.01. The summed E-state index contributed by atoms with van der Waals surface area (Å²) in [4.78, 5) is 34.3. The first-order chi connectivity index (χ1) is 21.9. The van der Waals surface area contributed by atoms with Gasteiger partial charge in [0, 0.05) is 48.2 Å². The molecule has 9 heteroatoms. The number of carbonyl (C=O) groups is 2. The number of halogens is 2. The Morgan fingerprint density at radius 1 is 0.889 bits per heavy atom. The van der Waals surface area contributed by atoms with Gasteiger partial charge in [-0.2, -0.15) is 0 Å². The van der Waals surface area contributed by atoms with Crippen LogP contribution in [0, 0.1) is 5.82 Å². The lowest BCUT2D eigenvalue weighted by atomic mass is 10.1. The monoisotopic (exact) mass is 640 g/mol. The number of nitrogens with one attached hydrogen (secondary N) is 1. The van der Waals surface area contributed by atoms with Crippen LogP contribution in [0.1, 0.15) is 27.9 Å². The minimum absolute atomic E-state index is 0.0749. The van der Waals surface area contributed by atoms with Crippen molar-refractivity contribution in [2.24, 2.45) is 0 Å². The summed E-state index contributed by atoms with van der Waals surface area (Å²) in [7, 11) is 0. The molecule has 2 amide bonds. The van der Waals surface area contributed by atoms with Crippen molar-refractivity contribution in [3.05, 3.63) is 129 Å². The van der Waals surface area contributed by atoms with Gasteiger partial charge < -0.3 is 15.1 Å². The number of benzene rings is 4.